The van der Waals surface area contributed by atoms with Gasteiger partial charge in [0.2, 0.25) is 0 Å². The number of aromatic nitrogens is 2. The molecule has 0 N–H and O–H groups in total. The summed E-state index contributed by atoms with van der Waals surface area (Å²) in [4.78, 5) is 1.83. The lowest BCUT2D eigenvalue weighted by molar-refractivity contribution is -0.138. The second-order valence-electron chi connectivity index (χ2n) is 5.32. The van der Waals surface area contributed by atoms with Crippen molar-refractivity contribution >= 4 is 28.9 Å². The second kappa shape index (κ2) is 6.17. The molecule has 1 aromatic carbocycles. The summed E-state index contributed by atoms with van der Waals surface area (Å²) in [7, 11) is 0. The Kier molecular flexibility index (Phi) is 4.38. The molecule has 0 atom stereocenters. The molecule has 2 heterocycles. The number of hydrogen-bond donors (Lipinski definition) is 0. The molecule has 0 bridgehead atoms. The predicted octanol–water partition coefficient (Wildman–Crippen LogP) is 4.76. The lowest BCUT2D eigenvalue weighted by Gasteiger charge is -2.31. The van der Waals surface area contributed by atoms with Gasteiger partial charge in [-0.15, -0.1) is 5.10 Å². The molecule has 0 saturated carbocycles. The number of anilines is 1. The first-order valence-corrected chi connectivity index (χ1v) is 7.73. The SMILES string of the molecule is FC(F)(F)c1ccc(Cl)cc1CN1CCCc2nnc(Cl)cc21. The third-order valence-corrected chi connectivity index (χ3v) is 4.15. The Hall–Kier alpha value is -1.53. The fraction of sp³-hybridized carbons (Fsp3) is 0.333. The van der Waals surface area contributed by atoms with E-state index in [2.05, 4.69) is 10.2 Å². The van der Waals surface area contributed by atoms with Crippen molar-refractivity contribution in [1.82, 2.24) is 10.2 Å². The minimum absolute atomic E-state index is 0.0877. The number of aryl methyl sites for hydroxylation is 1. The van der Waals surface area contributed by atoms with Gasteiger partial charge in [-0.05, 0) is 36.6 Å². The Morgan fingerprint density at radius 1 is 1.13 bits per heavy atom. The standard InChI is InChI=1S/C15H12Cl2F3N3/c16-10-3-4-11(15(18,19)20)9(6-10)8-23-5-1-2-12-13(23)7-14(17)22-21-12/h3-4,6-7H,1-2,5,8H2. The Balaban J connectivity index is 1.98. The number of nitrogens with zero attached hydrogens (tertiary/aromatic N) is 3. The number of hydrogen-bond acceptors (Lipinski definition) is 3. The molecular formula is C15H12Cl2F3N3. The van der Waals surface area contributed by atoms with Crippen molar-refractivity contribution in [2.24, 2.45) is 0 Å². The van der Waals surface area contributed by atoms with Gasteiger partial charge in [0.05, 0.1) is 16.9 Å². The van der Waals surface area contributed by atoms with E-state index in [9.17, 15) is 13.2 Å². The first-order valence-electron chi connectivity index (χ1n) is 6.97. The van der Waals surface area contributed by atoms with Crippen LogP contribution in [0.25, 0.3) is 0 Å². The van der Waals surface area contributed by atoms with E-state index in [0.717, 1.165) is 30.3 Å². The highest BCUT2D eigenvalue weighted by Gasteiger charge is 2.34. The number of rotatable bonds is 2. The fourth-order valence-corrected chi connectivity index (χ4v) is 3.07. The molecule has 3 rings (SSSR count). The average Bonchev–Trinajstić information content (AvgIpc) is 2.46. The van der Waals surface area contributed by atoms with Crippen LogP contribution in [-0.4, -0.2) is 16.7 Å². The summed E-state index contributed by atoms with van der Waals surface area (Å²) in [5.74, 6) is 0. The first-order chi connectivity index (χ1) is 10.8. The second-order valence-corrected chi connectivity index (χ2v) is 6.15. The van der Waals surface area contributed by atoms with Gasteiger partial charge < -0.3 is 4.90 Å². The summed E-state index contributed by atoms with van der Waals surface area (Å²) in [5.41, 5.74) is 0.925. The molecular weight excluding hydrogens is 350 g/mol. The lowest BCUT2D eigenvalue weighted by Crippen LogP contribution is -2.30. The van der Waals surface area contributed by atoms with Crippen molar-refractivity contribution in [2.45, 2.75) is 25.6 Å². The van der Waals surface area contributed by atoms with E-state index >= 15 is 0 Å². The first kappa shape index (κ1) is 16.3. The van der Waals surface area contributed by atoms with Gasteiger partial charge in [0, 0.05) is 24.2 Å². The van der Waals surface area contributed by atoms with Crippen LogP contribution in [0.2, 0.25) is 10.2 Å². The smallest absolute Gasteiger partial charge is 0.366 e. The zero-order chi connectivity index (χ0) is 16.6. The molecule has 3 nitrogen and oxygen atoms in total. The van der Waals surface area contributed by atoms with E-state index < -0.39 is 11.7 Å². The zero-order valence-corrected chi connectivity index (χ0v) is 13.4. The summed E-state index contributed by atoms with van der Waals surface area (Å²) in [6.07, 6.45) is -2.89. The lowest BCUT2D eigenvalue weighted by atomic mass is 10.0. The summed E-state index contributed by atoms with van der Waals surface area (Å²) in [6.45, 7) is 0.712. The Morgan fingerprint density at radius 2 is 1.91 bits per heavy atom. The molecule has 2 aromatic rings. The van der Waals surface area contributed by atoms with Crippen molar-refractivity contribution in [1.29, 1.82) is 0 Å². The van der Waals surface area contributed by atoms with E-state index in [0.29, 0.717) is 6.54 Å². The molecule has 122 valence electrons. The van der Waals surface area contributed by atoms with Crippen LogP contribution in [0.5, 0.6) is 0 Å². The molecule has 0 aliphatic carbocycles. The number of benzene rings is 1. The largest absolute Gasteiger partial charge is 0.416 e. The van der Waals surface area contributed by atoms with Crippen molar-refractivity contribution in [3.8, 4) is 0 Å². The van der Waals surface area contributed by atoms with E-state index in [4.69, 9.17) is 23.2 Å². The van der Waals surface area contributed by atoms with E-state index in [1.54, 1.807) is 6.07 Å². The highest BCUT2D eigenvalue weighted by atomic mass is 35.5. The van der Waals surface area contributed by atoms with Gasteiger partial charge in [0.15, 0.2) is 5.15 Å². The van der Waals surface area contributed by atoms with Crippen LogP contribution in [0, 0.1) is 0 Å². The molecule has 1 aliphatic rings. The molecule has 0 spiro atoms. The van der Waals surface area contributed by atoms with Crippen LogP contribution in [0.15, 0.2) is 24.3 Å². The summed E-state index contributed by atoms with van der Waals surface area (Å²) < 4.78 is 39.6. The van der Waals surface area contributed by atoms with Crippen LogP contribution in [0.1, 0.15) is 23.2 Å². The molecule has 23 heavy (non-hydrogen) atoms. The van der Waals surface area contributed by atoms with Gasteiger partial charge >= 0.3 is 6.18 Å². The number of alkyl halides is 3. The van der Waals surface area contributed by atoms with Gasteiger partial charge in [0.25, 0.3) is 0 Å². The maximum Gasteiger partial charge on any atom is 0.416 e. The third-order valence-electron chi connectivity index (χ3n) is 3.73. The quantitative estimate of drug-likeness (QED) is 0.772. The van der Waals surface area contributed by atoms with Crippen molar-refractivity contribution in [3.05, 3.63) is 51.3 Å². The van der Waals surface area contributed by atoms with Crippen molar-refractivity contribution < 1.29 is 13.2 Å². The molecule has 0 fully saturated rings. The average molecular weight is 362 g/mol. The normalized spacial score (nSPS) is 14.7. The molecule has 8 heteroatoms. The van der Waals surface area contributed by atoms with E-state index in [1.807, 2.05) is 4.90 Å². The van der Waals surface area contributed by atoms with Crippen molar-refractivity contribution in [2.75, 3.05) is 11.4 Å². The van der Waals surface area contributed by atoms with Crippen molar-refractivity contribution in [3.63, 3.8) is 0 Å². The molecule has 0 saturated heterocycles. The minimum Gasteiger partial charge on any atom is -0.366 e. The summed E-state index contributed by atoms with van der Waals surface area (Å²) in [6, 6.07) is 5.26. The summed E-state index contributed by atoms with van der Waals surface area (Å²) >= 11 is 11.8. The fourth-order valence-electron chi connectivity index (χ4n) is 2.73. The van der Waals surface area contributed by atoms with Gasteiger partial charge in [0.1, 0.15) is 0 Å². The molecule has 0 unspecified atom stereocenters. The predicted molar refractivity (Wildman–Crippen MR) is 82.9 cm³/mol. The van der Waals surface area contributed by atoms with Crippen LogP contribution in [0.4, 0.5) is 18.9 Å². The Bertz CT molecular complexity index is 734. The molecule has 0 amide bonds. The maximum absolute atomic E-state index is 13.2. The minimum atomic E-state index is -4.42. The monoisotopic (exact) mass is 361 g/mol. The zero-order valence-electron chi connectivity index (χ0n) is 11.9. The number of fused-ring (bicyclic) bond motifs is 1. The van der Waals surface area contributed by atoms with Gasteiger partial charge in [-0.25, -0.2) is 0 Å². The van der Waals surface area contributed by atoms with Gasteiger partial charge in [-0.2, -0.15) is 18.3 Å². The highest BCUT2D eigenvalue weighted by Crippen LogP contribution is 2.35. The highest BCUT2D eigenvalue weighted by molar-refractivity contribution is 6.30. The van der Waals surface area contributed by atoms with Crippen LogP contribution >= 0.6 is 23.2 Å². The Morgan fingerprint density at radius 3 is 2.65 bits per heavy atom. The molecule has 1 aromatic heterocycles. The summed E-state index contributed by atoms with van der Waals surface area (Å²) in [5, 5.41) is 8.31. The van der Waals surface area contributed by atoms with Crippen LogP contribution in [0.3, 0.4) is 0 Å². The van der Waals surface area contributed by atoms with E-state index in [-0.39, 0.29) is 22.3 Å². The van der Waals surface area contributed by atoms with Crippen LogP contribution in [-0.2, 0) is 19.1 Å². The Labute approximate surface area is 141 Å². The van der Waals surface area contributed by atoms with Gasteiger partial charge in [-0.3, -0.25) is 0 Å². The maximum atomic E-state index is 13.2. The van der Waals surface area contributed by atoms with E-state index in [1.165, 1.54) is 12.1 Å². The molecule has 0 radical (unpaired) electrons. The number of halogens is 5. The van der Waals surface area contributed by atoms with Gasteiger partial charge in [-0.1, -0.05) is 23.2 Å². The molecule has 1 aliphatic heterocycles. The van der Waals surface area contributed by atoms with Crippen LogP contribution < -0.4 is 4.90 Å². The third kappa shape index (κ3) is 3.53. The topological polar surface area (TPSA) is 29.0 Å².